The third-order valence-corrected chi connectivity index (χ3v) is 5.41. The van der Waals surface area contributed by atoms with Crippen LogP contribution >= 0.6 is 0 Å². The molecule has 162 valence electrons. The van der Waals surface area contributed by atoms with E-state index in [1.807, 2.05) is 24.3 Å². The number of aromatic amines is 1. The SMILES string of the molecule is Nc1nc(OCCc2cc3ccccc3[nH]2)nc2c1ncn2[C@@H]1O[C@H](CO)[C@@H](O)[C@H]1O. The van der Waals surface area contributed by atoms with Crippen molar-refractivity contribution in [1.29, 1.82) is 0 Å². The van der Waals surface area contributed by atoms with E-state index in [1.165, 1.54) is 10.9 Å². The molecule has 0 unspecified atom stereocenters. The Labute approximate surface area is 176 Å². The van der Waals surface area contributed by atoms with Gasteiger partial charge in [0.1, 0.15) is 18.3 Å². The zero-order valence-corrected chi connectivity index (χ0v) is 16.4. The van der Waals surface area contributed by atoms with Gasteiger partial charge in [-0.05, 0) is 17.5 Å². The van der Waals surface area contributed by atoms with Crippen LogP contribution in [0.2, 0.25) is 0 Å². The zero-order valence-electron chi connectivity index (χ0n) is 16.4. The van der Waals surface area contributed by atoms with E-state index in [2.05, 4.69) is 26.0 Å². The molecule has 6 N–H and O–H groups in total. The number of nitrogens with one attached hydrogen (secondary N) is 1. The van der Waals surface area contributed by atoms with E-state index in [4.69, 9.17) is 15.2 Å². The van der Waals surface area contributed by atoms with Gasteiger partial charge in [0.15, 0.2) is 23.2 Å². The predicted molar refractivity (Wildman–Crippen MR) is 110 cm³/mol. The number of aromatic nitrogens is 5. The second-order valence-corrected chi connectivity index (χ2v) is 7.42. The van der Waals surface area contributed by atoms with Crippen LogP contribution in [0.25, 0.3) is 22.1 Å². The van der Waals surface area contributed by atoms with Gasteiger partial charge in [-0.3, -0.25) is 4.57 Å². The van der Waals surface area contributed by atoms with Crippen LogP contribution in [0.1, 0.15) is 11.9 Å². The number of aliphatic hydroxyl groups excluding tert-OH is 3. The molecule has 1 saturated heterocycles. The molecule has 11 heteroatoms. The molecule has 1 aliphatic heterocycles. The van der Waals surface area contributed by atoms with Crippen LogP contribution in [0.15, 0.2) is 36.7 Å². The number of imidazole rings is 1. The number of hydrogen-bond acceptors (Lipinski definition) is 9. The summed E-state index contributed by atoms with van der Waals surface area (Å²) in [6, 6.07) is 10.1. The summed E-state index contributed by atoms with van der Waals surface area (Å²) in [5, 5.41) is 30.8. The van der Waals surface area contributed by atoms with Crippen LogP contribution in [-0.4, -0.2) is 71.3 Å². The van der Waals surface area contributed by atoms with E-state index < -0.39 is 31.1 Å². The second kappa shape index (κ2) is 7.78. The molecule has 0 aliphatic carbocycles. The number of H-pyrrole nitrogens is 1. The van der Waals surface area contributed by atoms with Crippen LogP contribution in [0.5, 0.6) is 6.01 Å². The lowest BCUT2D eigenvalue weighted by atomic mass is 10.1. The minimum absolute atomic E-state index is 0.0644. The maximum absolute atomic E-state index is 10.3. The molecule has 31 heavy (non-hydrogen) atoms. The van der Waals surface area contributed by atoms with Gasteiger partial charge in [-0.15, -0.1) is 0 Å². The van der Waals surface area contributed by atoms with Gasteiger partial charge in [-0.1, -0.05) is 18.2 Å². The lowest BCUT2D eigenvalue weighted by Gasteiger charge is -2.16. The molecule has 4 atom stereocenters. The lowest BCUT2D eigenvalue weighted by molar-refractivity contribution is -0.0511. The highest BCUT2D eigenvalue weighted by atomic mass is 16.6. The standard InChI is InChI=1S/C20H22N6O5/c21-17-14-18(26(9-22-14)19-16(29)15(28)13(8-27)31-19)25-20(24-17)30-6-5-11-7-10-3-1-2-4-12(10)23-11/h1-4,7,9,13,15-16,19,23,27-29H,5-6,8H2,(H2,21,24,25)/t13-,15-,16-,19-/m1/s1. The summed E-state index contributed by atoms with van der Waals surface area (Å²) in [6.45, 7) is -0.111. The Hall–Kier alpha value is -3.25. The lowest BCUT2D eigenvalue weighted by Crippen LogP contribution is -2.33. The van der Waals surface area contributed by atoms with E-state index in [9.17, 15) is 15.3 Å². The molecule has 1 aromatic carbocycles. The maximum atomic E-state index is 10.3. The number of hydrogen-bond donors (Lipinski definition) is 5. The maximum Gasteiger partial charge on any atom is 0.320 e. The third-order valence-electron chi connectivity index (χ3n) is 5.41. The Bertz CT molecular complexity index is 1190. The molecule has 0 spiro atoms. The summed E-state index contributed by atoms with van der Waals surface area (Å²) in [5.74, 6) is 0.121. The van der Waals surface area contributed by atoms with Gasteiger partial charge in [-0.25, -0.2) is 4.98 Å². The Morgan fingerprint density at radius 2 is 2.03 bits per heavy atom. The van der Waals surface area contributed by atoms with Crippen molar-refractivity contribution in [2.45, 2.75) is 31.0 Å². The first kappa shape index (κ1) is 19.7. The minimum atomic E-state index is -1.27. The van der Waals surface area contributed by atoms with Gasteiger partial charge in [0.25, 0.3) is 0 Å². The van der Waals surface area contributed by atoms with Gasteiger partial charge in [0, 0.05) is 17.6 Å². The van der Waals surface area contributed by atoms with E-state index in [-0.39, 0.29) is 11.8 Å². The van der Waals surface area contributed by atoms with Gasteiger partial charge in [0.2, 0.25) is 0 Å². The number of fused-ring (bicyclic) bond motifs is 2. The first-order chi connectivity index (χ1) is 15.0. The fraction of sp³-hybridized carbons (Fsp3) is 0.350. The van der Waals surface area contributed by atoms with Crippen LogP contribution < -0.4 is 10.5 Å². The van der Waals surface area contributed by atoms with Crippen LogP contribution in [-0.2, 0) is 11.2 Å². The largest absolute Gasteiger partial charge is 0.463 e. The van der Waals surface area contributed by atoms with Gasteiger partial charge in [0.05, 0.1) is 19.5 Å². The number of nitrogen functional groups attached to an aromatic ring is 1. The second-order valence-electron chi connectivity index (χ2n) is 7.42. The molecule has 0 radical (unpaired) electrons. The van der Waals surface area contributed by atoms with Crippen LogP contribution in [0.4, 0.5) is 5.82 Å². The van der Waals surface area contributed by atoms with E-state index >= 15 is 0 Å². The van der Waals surface area contributed by atoms with Crippen LogP contribution in [0.3, 0.4) is 0 Å². The predicted octanol–water partition coefficient (Wildman–Crippen LogP) is 0.123. The quantitative estimate of drug-likeness (QED) is 0.288. The Morgan fingerprint density at radius 3 is 2.81 bits per heavy atom. The average Bonchev–Trinajstić information content (AvgIpc) is 3.44. The molecule has 0 amide bonds. The minimum Gasteiger partial charge on any atom is -0.463 e. The van der Waals surface area contributed by atoms with Crippen molar-refractivity contribution >= 4 is 27.9 Å². The smallest absolute Gasteiger partial charge is 0.320 e. The molecule has 1 aliphatic rings. The van der Waals surface area contributed by atoms with Gasteiger partial charge >= 0.3 is 6.01 Å². The molecule has 5 rings (SSSR count). The number of para-hydroxylation sites is 1. The van der Waals surface area contributed by atoms with Crippen molar-refractivity contribution in [3.8, 4) is 6.01 Å². The fourth-order valence-electron chi connectivity index (χ4n) is 3.80. The highest BCUT2D eigenvalue weighted by Crippen LogP contribution is 2.32. The molecule has 11 nitrogen and oxygen atoms in total. The topological polar surface area (TPSA) is 165 Å². The van der Waals surface area contributed by atoms with Crippen LogP contribution in [0, 0.1) is 0 Å². The van der Waals surface area contributed by atoms with Crippen molar-refractivity contribution in [2.24, 2.45) is 0 Å². The van der Waals surface area contributed by atoms with Crippen molar-refractivity contribution in [1.82, 2.24) is 24.5 Å². The van der Waals surface area contributed by atoms with E-state index in [1.54, 1.807) is 0 Å². The number of rotatable bonds is 6. The van der Waals surface area contributed by atoms with Gasteiger partial charge in [-0.2, -0.15) is 9.97 Å². The molecular formula is C20H22N6O5. The summed E-state index contributed by atoms with van der Waals surface area (Å²) < 4.78 is 12.7. The van der Waals surface area contributed by atoms with Crippen molar-refractivity contribution in [3.05, 3.63) is 42.4 Å². The Kier molecular flexibility index (Phi) is 4.94. The van der Waals surface area contributed by atoms with E-state index in [0.717, 1.165) is 16.6 Å². The van der Waals surface area contributed by atoms with Gasteiger partial charge < -0.3 is 35.5 Å². The summed E-state index contributed by atoms with van der Waals surface area (Å²) in [7, 11) is 0. The molecule has 3 aromatic heterocycles. The number of benzene rings is 1. The molecule has 4 heterocycles. The summed E-state index contributed by atoms with van der Waals surface area (Å²) in [6.07, 6.45) is -2.39. The van der Waals surface area contributed by atoms with Crippen molar-refractivity contribution in [3.63, 3.8) is 0 Å². The highest BCUT2D eigenvalue weighted by Gasteiger charge is 2.44. The number of anilines is 1. The molecular weight excluding hydrogens is 404 g/mol. The number of aliphatic hydroxyl groups is 3. The first-order valence-corrected chi connectivity index (χ1v) is 9.87. The summed E-state index contributed by atoms with van der Waals surface area (Å²) in [5.41, 5.74) is 8.70. The molecule has 0 saturated carbocycles. The number of nitrogens with zero attached hydrogens (tertiary/aromatic N) is 4. The average molecular weight is 426 g/mol. The number of ether oxygens (including phenoxy) is 2. The Morgan fingerprint density at radius 1 is 1.19 bits per heavy atom. The molecule has 4 aromatic rings. The molecule has 1 fully saturated rings. The van der Waals surface area contributed by atoms with Crippen molar-refractivity contribution < 1.29 is 24.8 Å². The Balaban J connectivity index is 1.35. The number of nitrogens with two attached hydrogens (primary N) is 1. The summed E-state index contributed by atoms with van der Waals surface area (Å²) >= 11 is 0. The monoisotopic (exact) mass is 426 g/mol. The zero-order chi connectivity index (χ0) is 21.5. The molecule has 0 bridgehead atoms. The third kappa shape index (κ3) is 3.47. The summed E-state index contributed by atoms with van der Waals surface area (Å²) in [4.78, 5) is 16.0. The highest BCUT2D eigenvalue weighted by molar-refractivity contribution is 5.82. The normalized spacial score (nSPS) is 23.7. The fourth-order valence-corrected chi connectivity index (χ4v) is 3.80. The first-order valence-electron chi connectivity index (χ1n) is 9.87. The van der Waals surface area contributed by atoms with E-state index in [0.29, 0.717) is 24.2 Å². The van der Waals surface area contributed by atoms with Crippen molar-refractivity contribution in [2.75, 3.05) is 18.9 Å².